The highest BCUT2D eigenvalue weighted by molar-refractivity contribution is 8.09. The number of carbonyl (C=O) groups excluding carboxylic acids is 1. The first-order chi connectivity index (χ1) is 17.7. The Hall–Kier alpha value is -2.38. The van der Waals surface area contributed by atoms with Crippen LogP contribution in [0.3, 0.4) is 0 Å². The Kier molecular flexibility index (Phi) is 10.6. The van der Waals surface area contributed by atoms with Gasteiger partial charge in [0.25, 0.3) is 5.56 Å². The SMILES string of the molecule is CCCCOC(=O)[C@@H](C)NP(=S)(OC[C@H]1O[C@@H](n2ccc(=O)[nH]c2=O)[C@H](O)[C@@H]1CO)Oc1ccccc1. The summed E-state index contributed by atoms with van der Waals surface area (Å²) in [6.45, 7) is -0.243. The number of nitrogens with zero attached hydrogens (tertiary/aromatic N) is 1. The molecule has 1 aromatic carbocycles. The number of unbranched alkanes of at least 4 members (excludes halogenated alkanes) is 1. The van der Waals surface area contributed by atoms with Crippen LogP contribution in [0.25, 0.3) is 0 Å². The number of aromatic amines is 1. The van der Waals surface area contributed by atoms with E-state index in [1.165, 1.54) is 6.20 Å². The number of hydrogen-bond donors (Lipinski definition) is 4. The van der Waals surface area contributed by atoms with Gasteiger partial charge in [-0.05, 0) is 37.3 Å². The van der Waals surface area contributed by atoms with E-state index in [4.69, 9.17) is 30.3 Å². The van der Waals surface area contributed by atoms with E-state index < -0.39 is 60.9 Å². The van der Waals surface area contributed by atoms with E-state index in [9.17, 15) is 24.6 Å². The average Bonchev–Trinajstić information content (AvgIpc) is 3.18. The lowest BCUT2D eigenvalue weighted by Gasteiger charge is -2.28. The second-order valence-electron chi connectivity index (χ2n) is 8.49. The molecule has 0 bridgehead atoms. The van der Waals surface area contributed by atoms with Crippen LogP contribution in [0.5, 0.6) is 5.75 Å². The molecular formula is C23H32N3O9PS. The fourth-order valence-electron chi connectivity index (χ4n) is 3.65. The number of aliphatic hydroxyl groups excluding tert-OH is 2. The quantitative estimate of drug-likeness (QED) is 0.158. The molecule has 0 radical (unpaired) electrons. The molecule has 1 saturated heterocycles. The minimum Gasteiger partial charge on any atom is -0.465 e. The minimum atomic E-state index is -3.38. The largest absolute Gasteiger partial charge is 0.465 e. The number of ether oxygens (including phenoxy) is 2. The summed E-state index contributed by atoms with van der Waals surface area (Å²) < 4.78 is 24.1. The van der Waals surface area contributed by atoms with Crippen molar-refractivity contribution in [2.45, 2.75) is 51.2 Å². The first-order valence-corrected chi connectivity index (χ1v) is 14.5. The molecule has 0 amide bonds. The fraction of sp³-hybridized carbons (Fsp3) is 0.522. The molecule has 14 heteroatoms. The molecular weight excluding hydrogens is 525 g/mol. The topological polar surface area (TPSA) is 161 Å². The Balaban J connectivity index is 1.76. The number of carbonyl (C=O) groups is 1. The van der Waals surface area contributed by atoms with E-state index in [2.05, 4.69) is 10.1 Å². The zero-order chi connectivity index (χ0) is 27.0. The first kappa shape index (κ1) is 29.2. The second-order valence-corrected chi connectivity index (χ2v) is 11.6. The van der Waals surface area contributed by atoms with Gasteiger partial charge in [-0.15, -0.1) is 0 Å². The summed E-state index contributed by atoms with van der Waals surface area (Å²) in [5, 5.41) is 23.6. The summed E-state index contributed by atoms with van der Waals surface area (Å²) in [7, 11) is 0. The van der Waals surface area contributed by atoms with Crippen LogP contribution in [0.4, 0.5) is 0 Å². The third-order valence-corrected chi connectivity index (χ3v) is 8.18. The maximum Gasteiger partial charge on any atom is 0.330 e. The van der Waals surface area contributed by atoms with Crippen molar-refractivity contribution in [3.8, 4) is 5.75 Å². The van der Waals surface area contributed by atoms with Crippen molar-refractivity contribution in [3.63, 3.8) is 0 Å². The Morgan fingerprint density at radius 1 is 1.30 bits per heavy atom. The molecule has 1 aliphatic rings. The van der Waals surface area contributed by atoms with Gasteiger partial charge in [0.1, 0.15) is 17.9 Å². The number of rotatable bonds is 13. The molecule has 1 aliphatic heterocycles. The molecule has 0 saturated carbocycles. The molecule has 6 atom stereocenters. The number of para-hydroxylation sites is 1. The van der Waals surface area contributed by atoms with E-state index in [0.29, 0.717) is 5.75 Å². The van der Waals surface area contributed by atoms with Crippen molar-refractivity contribution in [3.05, 3.63) is 63.4 Å². The van der Waals surface area contributed by atoms with Gasteiger partial charge in [0.2, 0.25) is 0 Å². The number of esters is 1. The molecule has 37 heavy (non-hydrogen) atoms. The normalized spacial score (nSPS) is 23.8. The van der Waals surface area contributed by atoms with Crippen LogP contribution in [0, 0.1) is 5.92 Å². The molecule has 0 aliphatic carbocycles. The highest BCUT2D eigenvalue weighted by atomic mass is 32.5. The molecule has 2 heterocycles. The van der Waals surface area contributed by atoms with Gasteiger partial charge in [-0.1, -0.05) is 31.5 Å². The lowest BCUT2D eigenvalue weighted by atomic mass is 9.99. The van der Waals surface area contributed by atoms with E-state index in [0.717, 1.165) is 23.5 Å². The van der Waals surface area contributed by atoms with Crippen molar-refractivity contribution in [1.82, 2.24) is 14.6 Å². The van der Waals surface area contributed by atoms with Crippen LogP contribution >= 0.6 is 6.64 Å². The maximum atomic E-state index is 12.4. The lowest BCUT2D eigenvalue weighted by molar-refractivity contribution is -0.145. The van der Waals surface area contributed by atoms with Gasteiger partial charge in [-0.2, -0.15) is 0 Å². The van der Waals surface area contributed by atoms with Crippen molar-refractivity contribution in [2.24, 2.45) is 5.92 Å². The summed E-state index contributed by atoms with van der Waals surface area (Å²) in [5.41, 5.74) is -1.37. The summed E-state index contributed by atoms with van der Waals surface area (Å²) in [6.07, 6.45) is -0.549. The highest BCUT2D eigenvalue weighted by Crippen LogP contribution is 2.46. The van der Waals surface area contributed by atoms with E-state index in [1.807, 2.05) is 6.92 Å². The van der Waals surface area contributed by atoms with Gasteiger partial charge in [-0.3, -0.25) is 19.1 Å². The third kappa shape index (κ3) is 7.81. The smallest absolute Gasteiger partial charge is 0.330 e. The molecule has 1 unspecified atom stereocenters. The fourth-order valence-corrected chi connectivity index (χ4v) is 6.07. The van der Waals surface area contributed by atoms with Crippen LogP contribution in [0.15, 0.2) is 52.2 Å². The average molecular weight is 558 g/mol. The molecule has 204 valence electrons. The van der Waals surface area contributed by atoms with Gasteiger partial charge < -0.3 is 28.7 Å². The Labute approximate surface area is 218 Å². The number of benzene rings is 1. The van der Waals surface area contributed by atoms with Crippen molar-refractivity contribution in [1.29, 1.82) is 0 Å². The predicted molar refractivity (Wildman–Crippen MR) is 138 cm³/mol. The van der Waals surface area contributed by atoms with Gasteiger partial charge in [0, 0.05) is 18.2 Å². The van der Waals surface area contributed by atoms with Crippen LogP contribution in [0.1, 0.15) is 32.9 Å². The number of aliphatic hydroxyl groups is 2. The summed E-state index contributed by atoms with van der Waals surface area (Å²) >= 11 is 5.68. The van der Waals surface area contributed by atoms with Crippen molar-refractivity contribution < 1.29 is 33.5 Å². The standard InChI is InChI=1S/C23H32N3O9PS/c1-3-4-12-32-22(30)15(2)25-36(37,35-16-8-6-5-7-9-16)33-14-18-17(13-27)20(29)21(34-18)26-11-10-19(28)24-23(26)31/h5-11,15,17-18,20-21,27,29H,3-4,12-14H2,1-2H3,(H,25,37)(H,24,28,31)/t15-,17-,18-,20-,21-,36?/m1/s1. The monoisotopic (exact) mass is 557 g/mol. The Bertz CT molecular complexity index is 1190. The third-order valence-electron chi connectivity index (χ3n) is 5.68. The van der Waals surface area contributed by atoms with E-state index >= 15 is 0 Å². The summed E-state index contributed by atoms with van der Waals surface area (Å²) in [5.74, 6) is -0.935. The minimum absolute atomic E-state index is 0.231. The lowest BCUT2D eigenvalue weighted by Crippen LogP contribution is -2.37. The number of H-pyrrole nitrogens is 1. The molecule has 2 aromatic rings. The van der Waals surface area contributed by atoms with Gasteiger partial charge in [0.05, 0.1) is 25.9 Å². The number of aromatic nitrogens is 2. The molecule has 3 rings (SSSR count). The zero-order valence-corrected chi connectivity index (χ0v) is 22.2. The number of hydrogen-bond acceptors (Lipinski definition) is 10. The second kappa shape index (κ2) is 13.4. The molecule has 1 aromatic heterocycles. The van der Waals surface area contributed by atoms with Gasteiger partial charge in [0.15, 0.2) is 6.23 Å². The van der Waals surface area contributed by atoms with Crippen LogP contribution in [-0.2, 0) is 30.6 Å². The highest BCUT2D eigenvalue weighted by Gasteiger charge is 2.45. The molecule has 0 spiro atoms. The summed E-state index contributed by atoms with van der Waals surface area (Å²) in [4.78, 5) is 38.1. The summed E-state index contributed by atoms with van der Waals surface area (Å²) in [6, 6.07) is 8.94. The van der Waals surface area contributed by atoms with E-state index in [1.54, 1.807) is 37.3 Å². The van der Waals surface area contributed by atoms with Gasteiger partial charge >= 0.3 is 18.3 Å². The molecule has 4 N–H and O–H groups in total. The maximum absolute atomic E-state index is 12.4. The van der Waals surface area contributed by atoms with Crippen LogP contribution in [-0.4, -0.2) is 63.8 Å². The van der Waals surface area contributed by atoms with E-state index in [-0.39, 0.29) is 13.2 Å². The Morgan fingerprint density at radius 2 is 2.03 bits per heavy atom. The molecule has 12 nitrogen and oxygen atoms in total. The van der Waals surface area contributed by atoms with Crippen molar-refractivity contribution in [2.75, 3.05) is 19.8 Å². The number of nitrogens with one attached hydrogen (secondary N) is 2. The zero-order valence-electron chi connectivity index (χ0n) is 20.5. The Morgan fingerprint density at radius 3 is 2.68 bits per heavy atom. The first-order valence-electron chi connectivity index (χ1n) is 11.9. The molecule has 1 fully saturated rings. The predicted octanol–water partition coefficient (Wildman–Crippen LogP) is 1.04. The van der Waals surface area contributed by atoms with Crippen LogP contribution in [0.2, 0.25) is 0 Å². The van der Waals surface area contributed by atoms with Gasteiger partial charge in [-0.25, -0.2) is 9.88 Å². The van der Waals surface area contributed by atoms with Crippen molar-refractivity contribution >= 4 is 24.4 Å². The van der Waals surface area contributed by atoms with Crippen LogP contribution < -0.4 is 20.9 Å².